The molecule has 2 aliphatic heterocycles. The van der Waals surface area contributed by atoms with Crippen molar-refractivity contribution in [2.45, 2.75) is 78.4 Å². The molecule has 0 aromatic heterocycles. The van der Waals surface area contributed by atoms with Crippen molar-refractivity contribution in [2.24, 2.45) is 5.41 Å². The fourth-order valence-corrected chi connectivity index (χ4v) is 3.88. The van der Waals surface area contributed by atoms with Gasteiger partial charge in [-0.3, -0.25) is 4.90 Å². The van der Waals surface area contributed by atoms with Crippen LogP contribution < -0.4 is 0 Å². The van der Waals surface area contributed by atoms with Crippen LogP contribution in [0.15, 0.2) is 0 Å². The summed E-state index contributed by atoms with van der Waals surface area (Å²) < 4.78 is 5.87. The van der Waals surface area contributed by atoms with Crippen molar-refractivity contribution in [2.75, 3.05) is 39.3 Å². The van der Waals surface area contributed by atoms with Gasteiger partial charge in [0.25, 0.3) is 0 Å². The van der Waals surface area contributed by atoms with E-state index in [4.69, 9.17) is 4.74 Å². The largest absolute Gasteiger partial charge is 0.375 e. The van der Waals surface area contributed by atoms with Crippen LogP contribution in [0.5, 0.6) is 0 Å². The Kier molecular flexibility index (Phi) is 5.62. The molecule has 2 rings (SSSR count). The maximum absolute atomic E-state index is 5.87. The SMILES string of the molecule is CC(C)(C)OCCN1CCC2(CC1)CCN(C(C)(C)C)CC2. The van der Waals surface area contributed by atoms with E-state index in [0.29, 0.717) is 11.0 Å². The molecule has 130 valence electrons. The van der Waals surface area contributed by atoms with Gasteiger partial charge < -0.3 is 9.64 Å². The molecule has 2 heterocycles. The Labute approximate surface area is 138 Å². The van der Waals surface area contributed by atoms with E-state index in [1.165, 1.54) is 51.9 Å². The van der Waals surface area contributed by atoms with Crippen LogP contribution in [0.1, 0.15) is 67.2 Å². The van der Waals surface area contributed by atoms with E-state index >= 15 is 0 Å². The average molecular weight is 311 g/mol. The maximum Gasteiger partial charge on any atom is 0.0600 e. The standard InChI is InChI=1S/C19H38N2O/c1-17(2,3)21-13-9-19(10-14-21)7-11-20(12-8-19)15-16-22-18(4,5)6/h7-16H2,1-6H3. The molecule has 2 aliphatic rings. The highest BCUT2D eigenvalue weighted by Gasteiger charge is 2.39. The summed E-state index contributed by atoms with van der Waals surface area (Å²) in [6.45, 7) is 20.5. The van der Waals surface area contributed by atoms with Crippen molar-refractivity contribution >= 4 is 0 Å². The van der Waals surface area contributed by atoms with E-state index in [9.17, 15) is 0 Å². The predicted octanol–water partition coefficient (Wildman–Crippen LogP) is 3.78. The molecule has 0 saturated carbocycles. The molecule has 22 heavy (non-hydrogen) atoms. The van der Waals surface area contributed by atoms with Gasteiger partial charge in [-0.05, 0) is 98.8 Å². The number of hydrogen-bond donors (Lipinski definition) is 0. The van der Waals surface area contributed by atoms with E-state index in [1.54, 1.807) is 0 Å². The normalized spacial score (nSPS) is 24.8. The van der Waals surface area contributed by atoms with E-state index in [-0.39, 0.29) is 5.60 Å². The zero-order chi connectivity index (χ0) is 16.4. The third kappa shape index (κ3) is 5.21. The molecule has 2 fully saturated rings. The first-order valence-electron chi connectivity index (χ1n) is 9.21. The molecule has 0 aromatic carbocycles. The predicted molar refractivity (Wildman–Crippen MR) is 94.4 cm³/mol. The third-order valence-electron chi connectivity index (χ3n) is 5.63. The first-order valence-corrected chi connectivity index (χ1v) is 9.21. The van der Waals surface area contributed by atoms with E-state index in [1.807, 2.05) is 0 Å². The van der Waals surface area contributed by atoms with Gasteiger partial charge in [-0.2, -0.15) is 0 Å². The Bertz CT molecular complexity index is 335. The highest BCUT2D eigenvalue weighted by molar-refractivity contribution is 4.93. The molecular formula is C19H38N2O. The first kappa shape index (κ1) is 18.2. The van der Waals surface area contributed by atoms with Crippen molar-refractivity contribution in [1.82, 2.24) is 9.80 Å². The summed E-state index contributed by atoms with van der Waals surface area (Å²) in [4.78, 5) is 5.27. The van der Waals surface area contributed by atoms with Crippen LogP contribution >= 0.6 is 0 Å². The monoisotopic (exact) mass is 310 g/mol. The fourth-order valence-electron chi connectivity index (χ4n) is 3.88. The third-order valence-corrected chi connectivity index (χ3v) is 5.63. The van der Waals surface area contributed by atoms with Crippen LogP contribution in [0.4, 0.5) is 0 Å². The lowest BCUT2D eigenvalue weighted by Gasteiger charge is -2.50. The summed E-state index contributed by atoms with van der Waals surface area (Å²) in [6, 6.07) is 0. The van der Waals surface area contributed by atoms with Crippen molar-refractivity contribution in [3.05, 3.63) is 0 Å². The molecule has 0 N–H and O–H groups in total. The number of piperidine rings is 2. The molecule has 0 amide bonds. The first-order chi connectivity index (χ1) is 10.1. The van der Waals surface area contributed by atoms with Gasteiger partial charge in [-0.25, -0.2) is 0 Å². The van der Waals surface area contributed by atoms with E-state index in [2.05, 4.69) is 51.3 Å². The van der Waals surface area contributed by atoms with E-state index in [0.717, 1.165) is 13.2 Å². The molecular weight excluding hydrogens is 272 g/mol. The van der Waals surface area contributed by atoms with Crippen molar-refractivity contribution in [1.29, 1.82) is 0 Å². The highest BCUT2D eigenvalue weighted by Crippen LogP contribution is 2.42. The maximum atomic E-state index is 5.87. The van der Waals surface area contributed by atoms with Gasteiger partial charge in [0.15, 0.2) is 0 Å². The minimum atomic E-state index is -0.00318. The summed E-state index contributed by atoms with van der Waals surface area (Å²) in [5.74, 6) is 0. The second kappa shape index (κ2) is 6.78. The summed E-state index contributed by atoms with van der Waals surface area (Å²) >= 11 is 0. The summed E-state index contributed by atoms with van der Waals surface area (Å²) in [5.41, 5.74) is 0.979. The molecule has 3 heteroatoms. The number of likely N-dealkylation sites (tertiary alicyclic amines) is 2. The van der Waals surface area contributed by atoms with Crippen LogP contribution in [0.25, 0.3) is 0 Å². The van der Waals surface area contributed by atoms with Crippen molar-refractivity contribution in [3.63, 3.8) is 0 Å². The second-order valence-corrected chi connectivity index (χ2v) is 9.46. The van der Waals surface area contributed by atoms with Crippen molar-refractivity contribution < 1.29 is 4.74 Å². The minimum Gasteiger partial charge on any atom is -0.375 e. The topological polar surface area (TPSA) is 15.7 Å². The number of nitrogens with zero attached hydrogens (tertiary/aromatic N) is 2. The zero-order valence-corrected chi connectivity index (χ0v) is 15.9. The molecule has 0 unspecified atom stereocenters. The summed E-state index contributed by atoms with van der Waals surface area (Å²) in [5, 5.41) is 0. The number of hydrogen-bond acceptors (Lipinski definition) is 3. The van der Waals surface area contributed by atoms with Gasteiger partial charge in [-0.15, -0.1) is 0 Å². The summed E-state index contributed by atoms with van der Waals surface area (Å²) in [7, 11) is 0. The van der Waals surface area contributed by atoms with Gasteiger partial charge >= 0.3 is 0 Å². The van der Waals surface area contributed by atoms with Gasteiger partial charge in [0.05, 0.1) is 12.2 Å². The van der Waals surface area contributed by atoms with Crippen LogP contribution in [0.3, 0.4) is 0 Å². The van der Waals surface area contributed by atoms with Crippen LogP contribution in [-0.2, 0) is 4.74 Å². The van der Waals surface area contributed by atoms with Crippen LogP contribution in [-0.4, -0.2) is 60.3 Å². The molecule has 0 bridgehead atoms. The van der Waals surface area contributed by atoms with Crippen LogP contribution in [0, 0.1) is 5.41 Å². The average Bonchev–Trinajstić information content (AvgIpc) is 2.39. The Hall–Kier alpha value is -0.120. The van der Waals surface area contributed by atoms with E-state index < -0.39 is 0 Å². The quantitative estimate of drug-likeness (QED) is 0.789. The molecule has 1 spiro atoms. The molecule has 0 radical (unpaired) electrons. The van der Waals surface area contributed by atoms with Gasteiger partial charge in [-0.1, -0.05) is 0 Å². The Morgan fingerprint density at radius 3 is 1.77 bits per heavy atom. The highest BCUT2D eigenvalue weighted by atomic mass is 16.5. The molecule has 2 saturated heterocycles. The smallest absolute Gasteiger partial charge is 0.0600 e. The van der Waals surface area contributed by atoms with Crippen LogP contribution in [0.2, 0.25) is 0 Å². The molecule has 0 aliphatic carbocycles. The molecule has 3 nitrogen and oxygen atoms in total. The Morgan fingerprint density at radius 1 is 0.818 bits per heavy atom. The lowest BCUT2D eigenvalue weighted by atomic mass is 9.70. The zero-order valence-electron chi connectivity index (χ0n) is 15.9. The molecule has 0 aromatic rings. The van der Waals surface area contributed by atoms with Gasteiger partial charge in [0.1, 0.15) is 0 Å². The minimum absolute atomic E-state index is 0.00318. The number of rotatable bonds is 3. The lowest BCUT2D eigenvalue weighted by Crippen LogP contribution is -2.52. The second-order valence-electron chi connectivity index (χ2n) is 9.46. The lowest BCUT2D eigenvalue weighted by molar-refractivity contribution is -0.0301. The van der Waals surface area contributed by atoms with Crippen molar-refractivity contribution in [3.8, 4) is 0 Å². The Balaban J connectivity index is 1.71. The van der Waals surface area contributed by atoms with Gasteiger partial charge in [0.2, 0.25) is 0 Å². The fraction of sp³-hybridized carbons (Fsp3) is 1.00. The number of ether oxygens (including phenoxy) is 1. The van der Waals surface area contributed by atoms with Gasteiger partial charge in [0, 0.05) is 12.1 Å². The Morgan fingerprint density at radius 2 is 1.32 bits per heavy atom. The summed E-state index contributed by atoms with van der Waals surface area (Å²) in [6.07, 6.45) is 5.58. The molecule has 0 atom stereocenters.